The molecule has 1 aromatic heterocycles. The number of rotatable bonds is 2. The molecule has 0 amide bonds. The first-order valence-electron chi connectivity index (χ1n) is 5.58. The third kappa shape index (κ3) is 1.37. The molecular formula is C13H14N2O2. The molecule has 1 aromatic carbocycles. The van der Waals surface area contributed by atoms with E-state index in [-0.39, 0.29) is 0 Å². The van der Waals surface area contributed by atoms with Gasteiger partial charge in [-0.15, -0.1) is 0 Å². The number of nitrogens with one attached hydrogen (secondary N) is 1. The molecule has 17 heavy (non-hydrogen) atoms. The number of carbonyl (C=O) groups excluding carboxylic acids is 1. The Hall–Kier alpha value is -1.81. The average Bonchev–Trinajstić information content (AvgIpc) is 2.69. The number of nitrogens with zero attached hydrogens (tertiary/aromatic N) is 1. The minimum atomic E-state index is 0.682. The lowest BCUT2D eigenvalue weighted by Gasteiger charge is -2.24. The number of benzene rings is 1. The van der Waals surface area contributed by atoms with Gasteiger partial charge in [0.1, 0.15) is 5.75 Å². The Morgan fingerprint density at radius 3 is 2.82 bits per heavy atom. The largest absolute Gasteiger partial charge is 0.496 e. The van der Waals surface area contributed by atoms with Crippen molar-refractivity contribution in [2.75, 3.05) is 14.2 Å². The van der Waals surface area contributed by atoms with Crippen LogP contribution in [0.15, 0.2) is 12.1 Å². The van der Waals surface area contributed by atoms with Crippen LogP contribution < -0.4 is 4.74 Å². The summed E-state index contributed by atoms with van der Waals surface area (Å²) in [7, 11) is 3.72. The van der Waals surface area contributed by atoms with Gasteiger partial charge in [-0.3, -0.25) is 9.69 Å². The summed E-state index contributed by atoms with van der Waals surface area (Å²) in [6.07, 6.45) is 0.894. The van der Waals surface area contributed by atoms with Gasteiger partial charge in [0.2, 0.25) is 0 Å². The number of H-pyrrole nitrogens is 1. The van der Waals surface area contributed by atoms with Gasteiger partial charge in [0.15, 0.2) is 6.29 Å². The van der Waals surface area contributed by atoms with Crippen molar-refractivity contribution in [1.82, 2.24) is 9.88 Å². The lowest BCUT2D eigenvalue weighted by molar-refractivity contribution is 0.111. The van der Waals surface area contributed by atoms with E-state index in [0.29, 0.717) is 5.69 Å². The quantitative estimate of drug-likeness (QED) is 0.802. The van der Waals surface area contributed by atoms with Gasteiger partial charge in [0.05, 0.1) is 12.8 Å². The van der Waals surface area contributed by atoms with E-state index in [1.807, 2.05) is 19.2 Å². The van der Waals surface area contributed by atoms with Gasteiger partial charge < -0.3 is 9.72 Å². The topological polar surface area (TPSA) is 45.3 Å². The average molecular weight is 230 g/mol. The summed E-state index contributed by atoms with van der Waals surface area (Å²) in [5, 5.41) is 1.16. The molecule has 4 nitrogen and oxygen atoms in total. The molecule has 88 valence electrons. The van der Waals surface area contributed by atoms with E-state index < -0.39 is 0 Å². The Kier molecular flexibility index (Phi) is 2.19. The third-order valence-electron chi connectivity index (χ3n) is 3.36. The highest BCUT2D eigenvalue weighted by Crippen LogP contribution is 2.36. The highest BCUT2D eigenvalue weighted by Gasteiger charge is 2.23. The molecule has 0 spiro atoms. The van der Waals surface area contributed by atoms with E-state index in [1.165, 1.54) is 0 Å². The lowest BCUT2D eigenvalue weighted by Crippen LogP contribution is -2.22. The molecule has 0 saturated carbocycles. The predicted molar refractivity (Wildman–Crippen MR) is 65.4 cm³/mol. The van der Waals surface area contributed by atoms with E-state index in [0.717, 1.165) is 47.2 Å². The van der Waals surface area contributed by atoms with Crippen molar-refractivity contribution in [3.63, 3.8) is 0 Å². The Balaban J connectivity index is 2.39. The number of hydrogen-bond donors (Lipinski definition) is 1. The number of hydrogen-bond acceptors (Lipinski definition) is 3. The smallest absolute Gasteiger partial charge is 0.166 e. The second-order valence-electron chi connectivity index (χ2n) is 4.48. The van der Waals surface area contributed by atoms with Crippen molar-refractivity contribution >= 4 is 17.2 Å². The van der Waals surface area contributed by atoms with Crippen molar-refractivity contribution in [1.29, 1.82) is 0 Å². The first kappa shape index (κ1) is 10.4. The maximum atomic E-state index is 11.1. The first-order valence-corrected chi connectivity index (χ1v) is 5.58. The van der Waals surface area contributed by atoms with Crippen LogP contribution in [0.1, 0.15) is 21.6 Å². The lowest BCUT2D eigenvalue weighted by atomic mass is 9.99. The van der Waals surface area contributed by atoms with Crippen LogP contribution in [0, 0.1) is 0 Å². The molecule has 2 aromatic rings. The summed E-state index contributed by atoms with van der Waals surface area (Å²) < 4.78 is 5.40. The van der Waals surface area contributed by atoms with Crippen LogP contribution in [0.4, 0.5) is 0 Å². The molecule has 0 fully saturated rings. The number of aromatic amines is 1. The van der Waals surface area contributed by atoms with E-state index >= 15 is 0 Å². The number of methoxy groups -OCH3 is 1. The summed E-state index contributed by atoms with van der Waals surface area (Å²) in [5.74, 6) is 0.891. The van der Waals surface area contributed by atoms with Crippen molar-refractivity contribution in [3.05, 3.63) is 29.0 Å². The zero-order valence-electron chi connectivity index (χ0n) is 9.91. The monoisotopic (exact) mass is 230 g/mol. The fourth-order valence-electron chi connectivity index (χ4n) is 2.64. The van der Waals surface area contributed by atoms with Crippen LogP contribution in [0.5, 0.6) is 5.75 Å². The Labute approximate surface area is 99.2 Å². The van der Waals surface area contributed by atoms with E-state index in [1.54, 1.807) is 7.11 Å². The minimum Gasteiger partial charge on any atom is -0.496 e. The van der Waals surface area contributed by atoms with Gasteiger partial charge in [-0.25, -0.2) is 0 Å². The molecule has 0 radical (unpaired) electrons. The standard InChI is InChI=1S/C13H14N2O2/c1-15-5-8-11(7-16)14-10-3-4-12(17-2)9(6-15)13(8)10/h3-4,7,14H,5-6H2,1-2H3. The summed E-state index contributed by atoms with van der Waals surface area (Å²) in [6, 6.07) is 3.92. The normalized spacial score (nSPS) is 15.2. The zero-order chi connectivity index (χ0) is 12.0. The molecule has 0 unspecified atom stereocenters. The molecule has 2 heterocycles. The molecule has 4 heteroatoms. The third-order valence-corrected chi connectivity index (χ3v) is 3.36. The number of aldehydes is 1. The Bertz CT molecular complexity index is 601. The fraction of sp³-hybridized carbons (Fsp3) is 0.308. The van der Waals surface area contributed by atoms with Crippen molar-refractivity contribution in [3.8, 4) is 5.75 Å². The maximum absolute atomic E-state index is 11.1. The predicted octanol–water partition coefficient (Wildman–Crippen LogP) is 1.93. The van der Waals surface area contributed by atoms with Crippen LogP contribution in [0.2, 0.25) is 0 Å². The number of ether oxygens (including phenoxy) is 1. The molecule has 0 aliphatic carbocycles. The molecular weight excluding hydrogens is 216 g/mol. The van der Waals surface area contributed by atoms with Gasteiger partial charge in [0.25, 0.3) is 0 Å². The van der Waals surface area contributed by atoms with Gasteiger partial charge in [-0.1, -0.05) is 0 Å². The van der Waals surface area contributed by atoms with Crippen molar-refractivity contribution in [2.24, 2.45) is 0 Å². The molecule has 0 saturated heterocycles. The zero-order valence-corrected chi connectivity index (χ0v) is 9.91. The van der Waals surface area contributed by atoms with Crippen LogP contribution in [-0.4, -0.2) is 30.3 Å². The highest BCUT2D eigenvalue weighted by atomic mass is 16.5. The van der Waals surface area contributed by atoms with Gasteiger partial charge in [-0.05, 0) is 19.2 Å². The maximum Gasteiger partial charge on any atom is 0.166 e. The van der Waals surface area contributed by atoms with Crippen molar-refractivity contribution < 1.29 is 9.53 Å². The molecule has 1 aliphatic rings. The van der Waals surface area contributed by atoms with E-state index in [9.17, 15) is 4.79 Å². The SMILES string of the molecule is COc1ccc2[nH]c(C=O)c3c2c1CN(C)C3. The molecule has 0 atom stereocenters. The molecule has 1 aliphatic heterocycles. The summed E-state index contributed by atoms with van der Waals surface area (Å²) in [5.41, 5.74) is 3.95. The van der Waals surface area contributed by atoms with Crippen LogP contribution >= 0.6 is 0 Å². The van der Waals surface area contributed by atoms with Gasteiger partial charge in [-0.2, -0.15) is 0 Å². The second-order valence-corrected chi connectivity index (χ2v) is 4.48. The first-order chi connectivity index (χ1) is 8.24. The Morgan fingerprint density at radius 2 is 2.12 bits per heavy atom. The highest BCUT2D eigenvalue weighted by molar-refractivity contribution is 5.96. The number of carbonyl (C=O) groups is 1. The molecule has 1 N–H and O–H groups in total. The Morgan fingerprint density at radius 1 is 1.35 bits per heavy atom. The summed E-state index contributed by atoms with van der Waals surface area (Å²) >= 11 is 0. The van der Waals surface area contributed by atoms with Crippen LogP contribution in [0.25, 0.3) is 10.9 Å². The summed E-state index contributed by atoms with van der Waals surface area (Å²) in [4.78, 5) is 16.4. The van der Waals surface area contributed by atoms with Crippen molar-refractivity contribution in [2.45, 2.75) is 13.1 Å². The summed E-state index contributed by atoms with van der Waals surface area (Å²) in [6.45, 7) is 1.65. The molecule has 0 bridgehead atoms. The van der Waals surface area contributed by atoms with Crippen LogP contribution in [-0.2, 0) is 13.1 Å². The molecule has 3 rings (SSSR count). The minimum absolute atomic E-state index is 0.682. The van der Waals surface area contributed by atoms with Crippen LogP contribution in [0.3, 0.4) is 0 Å². The fourth-order valence-corrected chi connectivity index (χ4v) is 2.64. The van der Waals surface area contributed by atoms with E-state index in [4.69, 9.17) is 4.74 Å². The van der Waals surface area contributed by atoms with E-state index in [2.05, 4.69) is 9.88 Å². The second kappa shape index (κ2) is 3.60. The van der Waals surface area contributed by atoms with Gasteiger partial charge in [0, 0.05) is 35.1 Å². The number of aromatic nitrogens is 1. The van der Waals surface area contributed by atoms with Gasteiger partial charge >= 0.3 is 0 Å².